The fraction of sp³-hybridized carbons (Fsp3) is 0.455. The second-order valence-electron chi connectivity index (χ2n) is 3.65. The van der Waals surface area contributed by atoms with E-state index >= 15 is 0 Å². The zero-order valence-corrected chi connectivity index (χ0v) is 9.56. The molecule has 1 heterocycles. The lowest BCUT2D eigenvalue weighted by molar-refractivity contribution is 0.573. The van der Waals surface area contributed by atoms with Crippen molar-refractivity contribution in [3.8, 4) is 0 Å². The number of nitrogens with zero attached hydrogens (tertiary/aromatic N) is 1. The molecule has 2 rings (SSSR count). The van der Waals surface area contributed by atoms with Crippen LogP contribution in [0.15, 0.2) is 22.7 Å². The largest absolute Gasteiger partial charge is 0.371 e. The summed E-state index contributed by atoms with van der Waals surface area (Å²) in [5.41, 5.74) is 1.01. The van der Waals surface area contributed by atoms with Gasteiger partial charge in [0.15, 0.2) is 0 Å². The summed E-state index contributed by atoms with van der Waals surface area (Å²) < 4.78 is 13.8. The van der Waals surface area contributed by atoms with Crippen molar-refractivity contribution in [2.75, 3.05) is 18.0 Å². The van der Waals surface area contributed by atoms with E-state index in [0.29, 0.717) is 4.47 Å². The van der Waals surface area contributed by atoms with E-state index in [9.17, 15) is 4.39 Å². The maximum Gasteiger partial charge on any atom is 0.139 e. The van der Waals surface area contributed by atoms with Gasteiger partial charge in [-0.3, -0.25) is 0 Å². The average Bonchev–Trinajstić information content (AvgIpc) is 2.23. The van der Waals surface area contributed by atoms with Gasteiger partial charge in [-0.05, 0) is 53.4 Å². The maximum absolute atomic E-state index is 13.3. The molecule has 0 amide bonds. The molecule has 1 nitrogen and oxygen atoms in total. The van der Waals surface area contributed by atoms with Crippen LogP contribution in [0, 0.1) is 5.82 Å². The number of rotatable bonds is 1. The van der Waals surface area contributed by atoms with Gasteiger partial charge in [-0.15, -0.1) is 0 Å². The Morgan fingerprint density at radius 2 is 1.86 bits per heavy atom. The number of benzene rings is 1. The summed E-state index contributed by atoms with van der Waals surface area (Å²) in [4.78, 5) is 2.25. The zero-order chi connectivity index (χ0) is 9.97. The van der Waals surface area contributed by atoms with Crippen LogP contribution in [0.5, 0.6) is 0 Å². The van der Waals surface area contributed by atoms with Crippen LogP contribution in [0.3, 0.4) is 0 Å². The van der Waals surface area contributed by atoms with E-state index in [0.717, 1.165) is 18.8 Å². The lowest BCUT2D eigenvalue weighted by Crippen LogP contribution is -2.29. The van der Waals surface area contributed by atoms with Gasteiger partial charge in [0.1, 0.15) is 5.82 Å². The van der Waals surface area contributed by atoms with Crippen molar-refractivity contribution in [1.82, 2.24) is 0 Å². The van der Waals surface area contributed by atoms with Crippen LogP contribution in [-0.2, 0) is 0 Å². The van der Waals surface area contributed by atoms with Gasteiger partial charge in [0.25, 0.3) is 0 Å². The average molecular weight is 258 g/mol. The van der Waals surface area contributed by atoms with Gasteiger partial charge in [0.05, 0.1) is 4.47 Å². The fourth-order valence-corrected chi connectivity index (χ4v) is 2.08. The summed E-state index contributed by atoms with van der Waals surface area (Å²) in [5.74, 6) is -0.173. The summed E-state index contributed by atoms with van der Waals surface area (Å²) in [6.07, 6.45) is 3.74. The van der Waals surface area contributed by atoms with Crippen LogP contribution in [-0.4, -0.2) is 13.1 Å². The Morgan fingerprint density at radius 3 is 2.50 bits per heavy atom. The van der Waals surface area contributed by atoms with Gasteiger partial charge in [0.2, 0.25) is 0 Å². The SMILES string of the molecule is Fc1cc(N2CCCCC2)ccc1Br. The van der Waals surface area contributed by atoms with Gasteiger partial charge in [-0.25, -0.2) is 4.39 Å². The fourth-order valence-electron chi connectivity index (χ4n) is 1.83. The highest BCUT2D eigenvalue weighted by molar-refractivity contribution is 9.10. The van der Waals surface area contributed by atoms with Crippen molar-refractivity contribution in [1.29, 1.82) is 0 Å². The van der Waals surface area contributed by atoms with Crippen LogP contribution in [0.4, 0.5) is 10.1 Å². The molecule has 76 valence electrons. The Labute approximate surface area is 92.0 Å². The van der Waals surface area contributed by atoms with Gasteiger partial charge in [-0.2, -0.15) is 0 Å². The second kappa shape index (κ2) is 4.30. The summed E-state index contributed by atoms with van der Waals surface area (Å²) in [7, 11) is 0. The van der Waals surface area contributed by atoms with Crippen molar-refractivity contribution >= 4 is 21.6 Å². The molecule has 0 bridgehead atoms. The van der Waals surface area contributed by atoms with Crippen molar-refractivity contribution in [2.45, 2.75) is 19.3 Å². The molecular formula is C11H13BrFN. The number of hydrogen-bond donors (Lipinski definition) is 0. The Balaban J connectivity index is 2.18. The standard InChI is InChI=1S/C11H13BrFN/c12-10-5-4-9(8-11(10)13)14-6-2-1-3-7-14/h4-5,8H,1-3,6-7H2. The Kier molecular flexibility index (Phi) is 3.06. The monoisotopic (exact) mass is 257 g/mol. The van der Waals surface area contributed by atoms with Crippen molar-refractivity contribution < 1.29 is 4.39 Å². The molecule has 0 aromatic heterocycles. The lowest BCUT2D eigenvalue weighted by Gasteiger charge is -2.28. The highest BCUT2D eigenvalue weighted by Gasteiger charge is 2.11. The molecule has 0 aliphatic carbocycles. The first-order chi connectivity index (χ1) is 6.77. The predicted molar refractivity (Wildman–Crippen MR) is 60.2 cm³/mol. The van der Waals surface area contributed by atoms with Gasteiger partial charge in [-0.1, -0.05) is 0 Å². The van der Waals surface area contributed by atoms with E-state index in [1.165, 1.54) is 19.3 Å². The van der Waals surface area contributed by atoms with Crippen molar-refractivity contribution in [2.24, 2.45) is 0 Å². The highest BCUT2D eigenvalue weighted by atomic mass is 79.9. The summed E-state index contributed by atoms with van der Waals surface area (Å²) in [6, 6.07) is 5.35. The van der Waals surface area contributed by atoms with Gasteiger partial charge < -0.3 is 4.90 Å². The van der Waals surface area contributed by atoms with Gasteiger partial charge in [0, 0.05) is 18.8 Å². The Hall–Kier alpha value is -0.570. The van der Waals surface area contributed by atoms with Crippen LogP contribution in [0.1, 0.15) is 19.3 Å². The Morgan fingerprint density at radius 1 is 1.14 bits per heavy atom. The van der Waals surface area contributed by atoms with Crippen LogP contribution >= 0.6 is 15.9 Å². The minimum absolute atomic E-state index is 0.173. The predicted octanol–water partition coefficient (Wildman–Crippen LogP) is 3.58. The highest BCUT2D eigenvalue weighted by Crippen LogP contribution is 2.24. The topological polar surface area (TPSA) is 3.24 Å². The molecule has 0 radical (unpaired) electrons. The Bertz CT molecular complexity index is 321. The zero-order valence-electron chi connectivity index (χ0n) is 7.97. The first-order valence-electron chi connectivity index (χ1n) is 4.97. The third-order valence-electron chi connectivity index (χ3n) is 2.62. The summed E-state index contributed by atoms with van der Waals surface area (Å²) in [6.45, 7) is 2.11. The van der Waals surface area contributed by atoms with E-state index in [2.05, 4.69) is 20.8 Å². The third-order valence-corrected chi connectivity index (χ3v) is 3.27. The van der Waals surface area contributed by atoms with E-state index in [1.54, 1.807) is 12.1 Å². The molecule has 0 unspecified atom stereocenters. The first kappa shape index (κ1) is 9.97. The molecule has 1 saturated heterocycles. The molecule has 1 aromatic rings. The molecule has 0 saturated carbocycles. The van der Waals surface area contributed by atoms with Crippen LogP contribution < -0.4 is 4.90 Å². The van der Waals surface area contributed by atoms with E-state index in [-0.39, 0.29) is 5.82 Å². The number of halogens is 2. The molecule has 1 aliphatic heterocycles. The van der Waals surface area contributed by atoms with E-state index < -0.39 is 0 Å². The lowest BCUT2D eigenvalue weighted by atomic mass is 10.1. The number of hydrogen-bond acceptors (Lipinski definition) is 1. The van der Waals surface area contributed by atoms with Gasteiger partial charge >= 0.3 is 0 Å². The molecule has 0 spiro atoms. The molecule has 14 heavy (non-hydrogen) atoms. The van der Waals surface area contributed by atoms with E-state index in [1.807, 2.05) is 6.07 Å². The number of piperidine rings is 1. The smallest absolute Gasteiger partial charge is 0.139 e. The molecular weight excluding hydrogens is 245 g/mol. The molecule has 0 atom stereocenters. The molecule has 0 N–H and O–H groups in total. The molecule has 3 heteroatoms. The minimum atomic E-state index is -0.173. The molecule has 1 aliphatic rings. The van der Waals surface area contributed by atoms with Crippen LogP contribution in [0.2, 0.25) is 0 Å². The minimum Gasteiger partial charge on any atom is -0.371 e. The first-order valence-corrected chi connectivity index (χ1v) is 5.77. The number of anilines is 1. The van der Waals surface area contributed by atoms with Crippen LogP contribution in [0.25, 0.3) is 0 Å². The molecule has 1 fully saturated rings. The summed E-state index contributed by atoms with van der Waals surface area (Å²) in [5, 5.41) is 0. The van der Waals surface area contributed by atoms with Crippen molar-refractivity contribution in [3.05, 3.63) is 28.5 Å². The third kappa shape index (κ3) is 2.08. The quantitative estimate of drug-likeness (QED) is 0.744. The van der Waals surface area contributed by atoms with Crippen molar-refractivity contribution in [3.63, 3.8) is 0 Å². The second-order valence-corrected chi connectivity index (χ2v) is 4.50. The molecule has 1 aromatic carbocycles. The summed E-state index contributed by atoms with van der Waals surface area (Å²) >= 11 is 3.16. The maximum atomic E-state index is 13.3. The normalized spacial score (nSPS) is 17.1. The van der Waals surface area contributed by atoms with E-state index in [4.69, 9.17) is 0 Å².